The van der Waals surface area contributed by atoms with Gasteiger partial charge in [-0.15, -0.1) is 0 Å². The van der Waals surface area contributed by atoms with Crippen LogP contribution in [0.4, 0.5) is 4.79 Å². The molecule has 0 fully saturated rings. The van der Waals surface area contributed by atoms with Crippen molar-refractivity contribution in [2.75, 3.05) is 7.11 Å². The molecule has 0 aliphatic rings. The van der Waals surface area contributed by atoms with E-state index in [1.807, 2.05) is 45.0 Å². The van der Waals surface area contributed by atoms with Crippen LogP contribution in [0.25, 0.3) is 10.9 Å². The van der Waals surface area contributed by atoms with Crippen molar-refractivity contribution in [3.63, 3.8) is 0 Å². The van der Waals surface area contributed by atoms with Crippen LogP contribution in [-0.2, 0) is 16.1 Å². The van der Waals surface area contributed by atoms with E-state index >= 15 is 0 Å². The van der Waals surface area contributed by atoms with Gasteiger partial charge in [0.1, 0.15) is 5.60 Å². The molecule has 0 amide bonds. The van der Waals surface area contributed by atoms with E-state index < -0.39 is 5.60 Å². The fourth-order valence-corrected chi connectivity index (χ4v) is 1.98. The van der Waals surface area contributed by atoms with Gasteiger partial charge in [-0.1, -0.05) is 18.2 Å². The molecule has 0 bridgehead atoms. The summed E-state index contributed by atoms with van der Waals surface area (Å²) in [5, 5.41) is 1.01. The minimum atomic E-state index is -0.510. The Hall–Kier alpha value is -1.81. The first-order valence-corrected chi connectivity index (χ1v) is 6.23. The molecule has 1 heterocycles. The zero-order chi connectivity index (χ0) is 14.0. The van der Waals surface area contributed by atoms with E-state index in [1.165, 1.54) is 4.57 Å². The van der Waals surface area contributed by atoms with Crippen molar-refractivity contribution in [3.05, 3.63) is 36.0 Å². The number of methoxy groups -OCH3 is 1. The molecule has 1 aromatic carbocycles. The Morgan fingerprint density at radius 3 is 2.58 bits per heavy atom. The third kappa shape index (κ3) is 2.96. The van der Waals surface area contributed by atoms with E-state index in [0.29, 0.717) is 6.61 Å². The molecular weight excluding hydrogens is 242 g/mol. The standard InChI is InChI=1S/C15H19NO3/c1-15(2,3)19-14(17)16-9-11(10-18-4)12-7-5-6-8-13(12)16/h5-9H,10H2,1-4H3. The Labute approximate surface area is 112 Å². The summed E-state index contributed by atoms with van der Waals surface area (Å²) in [7, 11) is 1.64. The Balaban J connectivity index is 2.46. The van der Waals surface area contributed by atoms with E-state index in [9.17, 15) is 4.79 Å². The molecule has 0 saturated heterocycles. The number of nitrogens with zero attached hydrogens (tertiary/aromatic N) is 1. The topological polar surface area (TPSA) is 40.5 Å². The van der Waals surface area contributed by atoms with Gasteiger partial charge in [-0.25, -0.2) is 4.79 Å². The number of aromatic nitrogens is 1. The number of carbonyl (C=O) groups is 1. The summed E-state index contributed by atoms with van der Waals surface area (Å²) in [5.74, 6) is 0. The number of rotatable bonds is 2. The molecule has 0 aliphatic heterocycles. The first kappa shape index (κ1) is 13.6. The summed E-state index contributed by atoms with van der Waals surface area (Å²) in [6, 6.07) is 7.73. The highest BCUT2D eigenvalue weighted by molar-refractivity contribution is 5.91. The minimum absolute atomic E-state index is 0.369. The molecular formula is C15H19NO3. The fraction of sp³-hybridized carbons (Fsp3) is 0.400. The van der Waals surface area contributed by atoms with E-state index in [1.54, 1.807) is 13.3 Å². The van der Waals surface area contributed by atoms with Crippen molar-refractivity contribution < 1.29 is 14.3 Å². The lowest BCUT2D eigenvalue weighted by Crippen LogP contribution is -2.26. The predicted molar refractivity (Wildman–Crippen MR) is 74.3 cm³/mol. The maximum atomic E-state index is 12.2. The molecule has 0 N–H and O–H groups in total. The van der Waals surface area contributed by atoms with Crippen molar-refractivity contribution in [3.8, 4) is 0 Å². The molecule has 0 spiro atoms. The average Bonchev–Trinajstić information content (AvgIpc) is 2.67. The smallest absolute Gasteiger partial charge is 0.419 e. The number of ether oxygens (including phenoxy) is 2. The molecule has 2 rings (SSSR count). The number of para-hydroxylation sites is 1. The number of fused-ring (bicyclic) bond motifs is 1. The molecule has 4 heteroatoms. The number of hydrogen-bond acceptors (Lipinski definition) is 3. The van der Waals surface area contributed by atoms with Gasteiger partial charge in [-0.05, 0) is 26.8 Å². The molecule has 0 atom stereocenters. The van der Waals surface area contributed by atoms with Gasteiger partial charge >= 0.3 is 6.09 Å². The summed E-state index contributed by atoms with van der Waals surface area (Å²) >= 11 is 0. The third-order valence-electron chi connectivity index (χ3n) is 2.68. The zero-order valence-corrected chi connectivity index (χ0v) is 11.8. The maximum absolute atomic E-state index is 12.2. The summed E-state index contributed by atoms with van der Waals surface area (Å²) in [4.78, 5) is 12.2. The van der Waals surface area contributed by atoms with Crippen LogP contribution in [0.1, 0.15) is 26.3 Å². The van der Waals surface area contributed by atoms with Crippen LogP contribution < -0.4 is 0 Å². The van der Waals surface area contributed by atoms with Crippen molar-refractivity contribution >= 4 is 17.0 Å². The Morgan fingerprint density at radius 1 is 1.26 bits per heavy atom. The Morgan fingerprint density at radius 2 is 1.95 bits per heavy atom. The number of hydrogen-bond donors (Lipinski definition) is 0. The molecule has 0 radical (unpaired) electrons. The van der Waals surface area contributed by atoms with Gasteiger partial charge in [0.15, 0.2) is 0 Å². The van der Waals surface area contributed by atoms with Gasteiger partial charge < -0.3 is 9.47 Å². The Bertz CT molecular complexity index is 593. The van der Waals surface area contributed by atoms with Crippen LogP contribution in [0, 0.1) is 0 Å². The van der Waals surface area contributed by atoms with Crippen molar-refractivity contribution in [2.24, 2.45) is 0 Å². The normalized spacial score (nSPS) is 11.8. The second kappa shape index (κ2) is 5.05. The number of benzene rings is 1. The lowest BCUT2D eigenvalue weighted by Gasteiger charge is -2.19. The van der Waals surface area contributed by atoms with Crippen LogP contribution in [0.5, 0.6) is 0 Å². The van der Waals surface area contributed by atoms with Gasteiger partial charge in [0.05, 0.1) is 12.1 Å². The van der Waals surface area contributed by atoms with Crippen LogP contribution in [0.3, 0.4) is 0 Å². The van der Waals surface area contributed by atoms with Crippen LogP contribution in [0.15, 0.2) is 30.5 Å². The lowest BCUT2D eigenvalue weighted by atomic mass is 10.2. The molecule has 2 aromatic rings. The van der Waals surface area contributed by atoms with Crippen LogP contribution in [-0.4, -0.2) is 23.4 Å². The second-order valence-corrected chi connectivity index (χ2v) is 5.45. The predicted octanol–water partition coefficient (Wildman–Crippen LogP) is 3.57. The zero-order valence-electron chi connectivity index (χ0n) is 11.8. The summed E-state index contributed by atoms with van der Waals surface area (Å²) in [6.45, 7) is 6.03. The van der Waals surface area contributed by atoms with E-state index in [4.69, 9.17) is 9.47 Å². The van der Waals surface area contributed by atoms with Gasteiger partial charge in [0.25, 0.3) is 0 Å². The fourth-order valence-electron chi connectivity index (χ4n) is 1.98. The minimum Gasteiger partial charge on any atom is -0.443 e. The third-order valence-corrected chi connectivity index (χ3v) is 2.68. The summed E-state index contributed by atoms with van der Waals surface area (Å²) < 4.78 is 12.1. The molecule has 4 nitrogen and oxygen atoms in total. The average molecular weight is 261 g/mol. The molecule has 19 heavy (non-hydrogen) atoms. The van der Waals surface area contributed by atoms with Crippen molar-refractivity contribution in [1.82, 2.24) is 4.57 Å². The summed E-state index contributed by atoms with van der Waals surface area (Å²) in [5.41, 5.74) is 1.30. The van der Waals surface area contributed by atoms with Gasteiger partial charge in [0.2, 0.25) is 0 Å². The molecule has 0 aliphatic carbocycles. The number of carbonyl (C=O) groups excluding carboxylic acids is 1. The maximum Gasteiger partial charge on any atom is 0.419 e. The lowest BCUT2D eigenvalue weighted by molar-refractivity contribution is 0.0544. The highest BCUT2D eigenvalue weighted by atomic mass is 16.6. The van der Waals surface area contributed by atoms with E-state index in [-0.39, 0.29) is 6.09 Å². The molecule has 1 aromatic heterocycles. The molecule has 102 valence electrons. The van der Waals surface area contributed by atoms with E-state index in [2.05, 4.69) is 0 Å². The highest BCUT2D eigenvalue weighted by Crippen LogP contribution is 2.23. The van der Waals surface area contributed by atoms with Crippen molar-refractivity contribution in [2.45, 2.75) is 33.0 Å². The SMILES string of the molecule is COCc1cn(C(=O)OC(C)(C)C)c2ccccc12. The largest absolute Gasteiger partial charge is 0.443 e. The van der Waals surface area contributed by atoms with E-state index in [0.717, 1.165) is 16.5 Å². The molecule has 0 saturated carbocycles. The van der Waals surface area contributed by atoms with Crippen LogP contribution in [0.2, 0.25) is 0 Å². The van der Waals surface area contributed by atoms with Gasteiger partial charge in [-0.3, -0.25) is 4.57 Å². The first-order chi connectivity index (χ1) is 8.92. The monoisotopic (exact) mass is 261 g/mol. The van der Waals surface area contributed by atoms with Crippen LogP contribution >= 0.6 is 0 Å². The first-order valence-electron chi connectivity index (χ1n) is 6.23. The molecule has 0 unspecified atom stereocenters. The second-order valence-electron chi connectivity index (χ2n) is 5.45. The van der Waals surface area contributed by atoms with Gasteiger partial charge in [-0.2, -0.15) is 0 Å². The van der Waals surface area contributed by atoms with Crippen molar-refractivity contribution in [1.29, 1.82) is 0 Å². The quantitative estimate of drug-likeness (QED) is 0.829. The van der Waals surface area contributed by atoms with Gasteiger partial charge in [0, 0.05) is 24.3 Å². The summed E-state index contributed by atoms with van der Waals surface area (Å²) in [6.07, 6.45) is 1.41. The highest BCUT2D eigenvalue weighted by Gasteiger charge is 2.20. The Kier molecular flexibility index (Phi) is 3.62.